The topological polar surface area (TPSA) is 20.3 Å². The van der Waals surface area contributed by atoms with Crippen LogP contribution in [-0.2, 0) is 4.79 Å². The predicted octanol–water partition coefficient (Wildman–Crippen LogP) is 2.33. The van der Waals surface area contributed by atoms with Gasteiger partial charge in [0.25, 0.3) is 0 Å². The highest BCUT2D eigenvalue weighted by atomic mass is 16.1. The van der Waals surface area contributed by atoms with Crippen LogP contribution >= 0.6 is 0 Å². The van der Waals surface area contributed by atoms with Crippen LogP contribution in [0, 0.1) is 11.3 Å². The Morgan fingerprint density at radius 3 is 2.79 bits per heavy atom. The van der Waals surface area contributed by atoms with E-state index in [4.69, 9.17) is 0 Å². The molecule has 0 heterocycles. The van der Waals surface area contributed by atoms with Crippen molar-refractivity contribution in [1.29, 1.82) is 0 Å². The second kappa shape index (κ2) is 4.92. The van der Waals surface area contributed by atoms with E-state index < -0.39 is 0 Å². The van der Waals surface area contributed by atoms with Crippen molar-refractivity contribution in [2.24, 2.45) is 11.3 Å². The van der Waals surface area contributed by atoms with Crippen molar-refractivity contribution < 1.29 is 4.79 Å². The van der Waals surface area contributed by atoms with Crippen LogP contribution in [0.15, 0.2) is 0 Å². The molecule has 1 aliphatic rings. The zero-order chi connectivity index (χ0) is 10.6. The molecule has 0 aromatic carbocycles. The summed E-state index contributed by atoms with van der Waals surface area (Å²) < 4.78 is 0. The van der Waals surface area contributed by atoms with Crippen LogP contribution in [0.1, 0.15) is 39.5 Å². The van der Waals surface area contributed by atoms with Crippen molar-refractivity contribution in [3.05, 3.63) is 0 Å². The van der Waals surface area contributed by atoms with Gasteiger partial charge in [0.1, 0.15) is 6.29 Å². The Bertz CT molecular complexity index is 193. The van der Waals surface area contributed by atoms with Gasteiger partial charge in [0.2, 0.25) is 0 Å². The Hall–Kier alpha value is -0.370. The van der Waals surface area contributed by atoms with E-state index in [2.05, 4.69) is 25.8 Å². The maximum atomic E-state index is 11.3. The maximum absolute atomic E-state index is 11.3. The van der Waals surface area contributed by atoms with Crippen LogP contribution in [-0.4, -0.2) is 31.3 Å². The van der Waals surface area contributed by atoms with Gasteiger partial charge in [-0.25, -0.2) is 0 Å². The monoisotopic (exact) mass is 197 g/mol. The molecule has 1 rings (SSSR count). The Morgan fingerprint density at radius 2 is 2.29 bits per heavy atom. The van der Waals surface area contributed by atoms with Crippen LogP contribution < -0.4 is 0 Å². The van der Waals surface area contributed by atoms with Gasteiger partial charge in [-0.1, -0.05) is 26.7 Å². The van der Waals surface area contributed by atoms with Crippen molar-refractivity contribution in [3.8, 4) is 0 Å². The number of aldehydes is 1. The van der Waals surface area contributed by atoms with Crippen molar-refractivity contribution in [1.82, 2.24) is 4.90 Å². The van der Waals surface area contributed by atoms with E-state index >= 15 is 0 Å². The average Bonchev–Trinajstić information content (AvgIpc) is 2.17. The van der Waals surface area contributed by atoms with Gasteiger partial charge >= 0.3 is 0 Å². The van der Waals surface area contributed by atoms with E-state index in [0.29, 0.717) is 0 Å². The van der Waals surface area contributed by atoms with Crippen molar-refractivity contribution >= 4 is 6.29 Å². The Balaban J connectivity index is 2.60. The molecule has 1 aliphatic carbocycles. The van der Waals surface area contributed by atoms with Gasteiger partial charge in [0, 0.05) is 12.0 Å². The quantitative estimate of drug-likeness (QED) is 0.645. The summed E-state index contributed by atoms with van der Waals surface area (Å²) in [6.07, 6.45) is 5.91. The van der Waals surface area contributed by atoms with Crippen LogP contribution in [0.2, 0.25) is 0 Å². The van der Waals surface area contributed by atoms with Gasteiger partial charge in [-0.3, -0.25) is 0 Å². The third-order valence-corrected chi connectivity index (χ3v) is 3.50. The maximum Gasteiger partial charge on any atom is 0.127 e. The molecule has 82 valence electrons. The lowest BCUT2D eigenvalue weighted by Crippen LogP contribution is -2.40. The number of carbonyl (C=O) groups excluding carboxylic acids is 1. The fraction of sp³-hybridized carbons (Fsp3) is 0.917. The van der Waals surface area contributed by atoms with Gasteiger partial charge < -0.3 is 9.69 Å². The number of carbonyl (C=O) groups is 1. The Kier molecular flexibility index (Phi) is 4.11. The minimum atomic E-state index is -0.0393. The number of rotatable bonds is 4. The van der Waals surface area contributed by atoms with Crippen LogP contribution in [0.25, 0.3) is 0 Å². The van der Waals surface area contributed by atoms with Gasteiger partial charge in [-0.15, -0.1) is 0 Å². The number of nitrogens with zero attached hydrogens (tertiary/aromatic N) is 1. The average molecular weight is 197 g/mol. The van der Waals surface area contributed by atoms with E-state index in [1.807, 2.05) is 0 Å². The summed E-state index contributed by atoms with van der Waals surface area (Å²) in [6.45, 7) is 6.38. The normalized spacial score (nSPS) is 33.3. The molecule has 0 saturated heterocycles. The lowest BCUT2D eigenvalue weighted by atomic mass is 9.71. The molecule has 2 heteroatoms. The lowest BCUT2D eigenvalue weighted by molar-refractivity contribution is -0.119. The first-order valence-corrected chi connectivity index (χ1v) is 5.77. The van der Waals surface area contributed by atoms with Gasteiger partial charge in [0.15, 0.2) is 0 Å². The Labute approximate surface area is 87.7 Å². The predicted molar refractivity (Wildman–Crippen MR) is 59.3 cm³/mol. The first-order chi connectivity index (χ1) is 6.62. The summed E-state index contributed by atoms with van der Waals surface area (Å²) in [5.41, 5.74) is -0.0393. The van der Waals surface area contributed by atoms with Crippen LogP contribution in [0.3, 0.4) is 0 Å². The zero-order valence-electron chi connectivity index (χ0n) is 9.75. The van der Waals surface area contributed by atoms with E-state index in [0.717, 1.165) is 31.8 Å². The fourth-order valence-electron chi connectivity index (χ4n) is 2.64. The van der Waals surface area contributed by atoms with Crippen molar-refractivity contribution in [2.45, 2.75) is 39.5 Å². The first kappa shape index (κ1) is 11.7. The smallest absolute Gasteiger partial charge is 0.127 e. The van der Waals surface area contributed by atoms with Crippen molar-refractivity contribution in [2.75, 3.05) is 20.1 Å². The third kappa shape index (κ3) is 2.81. The van der Waals surface area contributed by atoms with E-state index in [1.54, 1.807) is 0 Å². The molecule has 1 fully saturated rings. The minimum Gasteiger partial charge on any atom is -0.306 e. The summed E-state index contributed by atoms with van der Waals surface area (Å²) in [6, 6.07) is 0. The second-order valence-corrected chi connectivity index (χ2v) is 5.01. The van der Waals surface area contributed by atoms with E-state index in [1.165, 1.54) is 19.1 Å². The second-order valence-electron chi connectivity index (χ2n) is 5.01. The molecule has 0 spiro atoms. The SMILES string of the molecule is CCN(C)CC1(C=O)CCCC(C)C1. The Morgan fingerprint density at radius 1 is 1.57 bits per heavy atom. The minimum absolute atomic E-state index is 0.0393. The molecule has 2 unspecified atom stereocenters. The van der Waals surface area contributed by atoms with Gasteiger partial charge in [-0.2, -0.15) is 0 Å². The summed E-state index contributed by atoms with van der Waals surface area (Å²) in [5.74, 6) is 0.721. The van der Waals surface area contributed by atoms with Crippen LogP contribution in [0.4, 0.5) is 0 Å². The zero-order valence-corrected chi connectivity index (χ0v) is 9.75. The molecular weight excluding hydrogens is 174 g/mol. The molecule has 1 saturated carbocycles. The summed E-state index contributed by atoms with van der Waals surface area (Å²) in [4.78, 5) is 13.5. The van der Waals surface area contributed by atoms with Gasteiger partial charge in [-0.05, 0) is 32.4 Å². The summed E-state index contributed by atoms with van der Waals surface area (Å²) in [7, 11) is 2.10. The van der Waals surface area contributed by atoms with E-state index in [-0.39, 0.29) is 5.41 Å². The molecule has 2 nitrogen and oxygen atoms in total. The molecule has 0 N–H and O–H groups in total. The third-order valence-electron chi connectivity index (χ3n) is 3.50. The highest BCUT2D eigenvalue weighted by Crippen LogP contribution is 2.38. The molecule has 14 heavy (non-hydrogen) atoms. The molecule has 2 atom stereocenters. The standard InChI is InChI=1S/C12H23NO/c1-4-13(3)9-12(10-14)7-5-6-11(2)8-12/h10-11H,4-9H2,1-3H3. The first-order valence-electron chi connectivity index (χ1n) is 5.77. The molecular formula is C12H23NO. The fourth-order valence-corrected chi connectivity index (χ4v) is 2.64. The number of hydrogen-bond acceptors (Lipinski definition) is 2. The molecule has 0 radical (unpaired) electrons. The molecule has 0 amide bonds. The molecule has 0 aromatic rings. The largest absolute Gasteiger partial charge is 0.306 e. The highest BCUT2D eigenvalue weighted by molar-refractivity contribution is 5.60. The van der Waals surface area contributed by atoms with Crippen molar-refractivity contribution in [3.63, 3.8) is 0 Å². The van der Waals surface area contributed by atoms with E-state index in [9.17, 15) is 4.79 Å². The number of hydrogen-bond donors (Lipinski definition) is 0. The molecule has 0 aromatic heterocycles. The summed E-state index contributed by atoms with van der Waals surface area (Å²) in [5, 5.41) is 0. The lowest BCUT2D eigenvalue weighted by Gasteiger charge is -2.38. The molecule has 0 bridgehead atoms. The van der Waals surface area contributed by atoms with Crippen LogP contribution in [0.5, 0.6) is 0 Å². The van der Waals surface area contributed by atoms with Gasteiger partial charge in [0.05, 0.1) is 0 Å². The summed E-state index contributed by atoms with van der Waals surface area (Å²) >= 11 is 0. The molecule has 0 aliphatic heterocycles. The highest BCUT2D eigenvalue weighted by Gasteiger charge is 2.35.